The van der Waals surface area contributed by atoms with E-state index in [0.717, 1.165) is 5.75 Å². The Morgan fingerprint density at radius 3 is 2.42 bits per heavy atom. The van der Waals surface area contributed by atoms with Crippen LogP contribution in [-0.2, 0) is 15.3 Å². The van der Waals surface area contributed by atoms with Crippen molar-refractivity contribution in [2.24, 2.45) is 0 Å². The van der Waals surface area contributed by atoms with E-state index in [0.29, 0.717) is 17.1 Å². The van der Waals surface area contributed by atoms with E-state index >= 15 is 0 Å². The molecule has 0 aliphatic carbocycles. The molecule has 2 rings (SSSR count). The highest BCUT2D eigenvalue weighted by Gasteiger charge is 2.06. The highest BCUT2D eigenvalue weighted by molar-refractivity contribution is 7.99. The summed E-state index contributed by atoms with van der Waals surface area (Å²) in [5, 5.41) is 5.56. The monoisotopic (exact) mass is 342 g/mol. The number of nitrogens with one attached hydrogen (secondary N) is 2. The summed E-state index contributed by atoms with van der Waals surface area (Å²) in [6.07, 6.45) is 0. The first-order chi connectivity index (χ1) is 11.4. The molecule has 0 heterocycles. The van der Waals surface area contributed by atoms with E-state index in [1.54, 1.807) is 36.0 Å². The number of benzene rings is 2. The molecule has 0 saturated heterocycles. The Labute approximate surface area is 147 Å². The minimum absolute atomic E-state index is 0.0507. The summed E-state index contributed by atoms with van der Waals surface area (Å²) in [5.74, 6) is 1.01. The Kier molecular flexibility index (Phi) is 6.44. The lowest BCUT2D eigenvalue weighted by Gasteiger charge is -2.09. The van der Waals surface area contributed by atoms with Crippen molar-refractivity contribution in [2.75, 3.05) is 16.4 Å². The molecule has 0 aromatic heterocycles. The number of aryl methyl sites for hydroxylation is 2. The fourth-order valence-electron chi connectivity index (χ4n) is 2.28. The lowest BCUT2D eigenvalue weighted by atomic mass is 10.1. The van der Waals surface area contributed by atoms with Gasteiger partial charge in [-0.1, -0.05) is 29.8 Å². The lowest BCUT2D eigenvalue weighted by molar-refractivity contribution is -0.114. The first-order valence-corrected chi connectivity index (χ1v) is 8.91. The molecule has 126 valence electrons. The Balaban J connectivity index is 1.85. The van der Waals surface area contributed by atoms with Crippen molar-refractivity contribution in [1.82, 2.24) is 0 Å². The molecule has 4 nitrogen and oxygen atoms in total. The van der Waals surface area contributed by atoms with Gasteiger partial charge in [0.15, 0.2) is 0 Å². The van der Waals surface area contributed by atoms with Crippen LogP contribution in [0, 0.1) is 13.8 Å². The number of hydrogen-bond acceptors (Lipinski definition) is 3. The van der Waals surface area contributed by atoms with E-state index in [-0.39, 0.29) is 11.8 Å². The maximum absolute atomic E-state index is 12.1. The van der Waals surface area contributed by atoms with Gasteiger partial charge in [0, 0.05) is 24.1 Å². The lowest BCUT2D eigenvalue weighted by Crippen LogP contribution is -2.14. The second-order valence-corrected chi connectivity index (χ2v) is 6.72. The van der Waals surface area contributed by atoms with E-state index in [1.807, 2.05) is 0 Å². The first-order valence-electron chi connectivity index (χ1n) is 7.75. The molecule has 0 spiro atoms. The van der Waals surface area contributed by atoms with Crippen LogP contribution in [0.1, 0.15) is 23.6 Å². The molecular formula is C19H22N2O2S. The number of carbonyl (C=O) groups is 2. The third kappa shape index (κ3) is 5.74. The second-order valence-electron chi connectivity index (χ2n) is 5.73. The maximum Gasteiger partial charge on any atom is 0.234 e. The molecule has 0 saturated carbocycles. The average Bonchev–Trinajstić information content (AvgIpc) is 2.50. The molecule has 24 heavy (non-hydrogen) atoms. The number of thioether (sulfide) groups is 1. The molecule has 0 aliphatic rings. The third-order valence-corrected chi connectivity index (χ3v) is 4.44. The zero-order chi connectivity index (χ0) is 17.5. The van der Waals surface area contributed by atoms with Crippen molar-refractivity contribution in [3.63, 3.8) is 0 Å². The third-order valence-electron chi connectivity index (χ3n) is 3.46. The van der Waals surface area contributed by atoms with Crippen molar-refractivity contribution in [1.29, 1.82) is 0 Å². The number of amides is 2. The number of hydrogen-bond donors (Lipinski definition) is 2. The van der Waals surface area contributed by atoms with E-state index in [4.69, 9.17) is 0 Å². The van der Waals surface area contributed by atoms with E-state index < -0.39 is 0 Å². The molecule has 2 aromatic rings. The SMILES string of the molecule is CC(=O)Nc1cccc(NC(=O)CSCc2cc(C)ccc2C)c1. The molecule has 0 radical (unpaired) electrons. The summed E-state index contributed by atoms with van der Waals surface area (Å²) < 4.78 is 0. The normalized spacial score (nSPS) is 10.3. The van der Waals surface area contributed by atoms with Crippen LogP contribution in [0.15, 0.2) is 42.5 Å². The number of rotatable bonds is 6. The van der Waals surface area contributed by atoms with Gasteiger partial charge in [-0.2, -0.15) is 0 Å². The van der Waals surface area contributed by atoms with Crippen molar-refractivity contribution in [3.8, 4) is 0 Å². The fourth-order valence-corrected chi connectivity index (χ4v) is 3.18. The van der Waals surface area contributed by atoms with E-state index in [1.165, 1.54) is 23.6 Å². The van der Waals surface area contributed by atoms with Gasteiger partial charge in [0.05, 0.1) is 5.75 Å². The van der Waals surface area contributed by atoms with Gasteiger partial charge in [-0.05, 0) is 43.2 Å². The van der Waals surface area contributed by atoms with Gasteiger partial charge in [0.2, 0.25) is 11.8 Å². The van der Waals surface area contributed by atoms with E-state index in [9.17, 15) is 9.59 Å². The van der Waals surface area contributed by atoms with Crippen LogP contribution in [0.25, 0.3) is 0 Å². The van der Waals surface area contributed by atoms with Crippen molar-refractivity contribution in [2.45, 2.75) is 26.5 Å². The molecule has 5 heteroatoms. The van der Waals surface area contributed by atoms with Crippen LogP contribution in [-0.4, -0.2) is 17.6 Å². The van der Waals surface area contributed by atoms with Crippen LogP contribution in [0.2, 0.25) is 0 Å². The minimum Gasteiger partial charge on any atom is -0.326 e. The predicted octanol–water partition coefficient (Wildman–Crippen LogP) is 4.13. The maximum atomic E-state index is 12.1. The quantitative estimate of drug-likeness (QED) is 0.830. The van der Waals surface area contributed by atoms with Crippen molar-refractivity contribution < 1.29 is 9.59 Å². The summed E-state index contributed by atoms with van der Waals surface area (Å²) in [7, 11) is 0. The Bertz CT molecular complexity index is 744. The van der Waals surface area contributed by atoms with Crippen LogP contribution in [0.5, 0.6) is 0 Å². The summed E-state index contributed by atoms with van der Waals surface area (Å²) in [6, 6.07) is 13.5. The molecule has 0 unspecified atom stereocenters. The van der Waals surface area contributed by atoms with Gasteiger partial charge in [0.25, 0.3) is 0 Å². The number of anilines is 2. The summed E-state index contributed by atoms with van der Waals surface area (Å²) in [4.78, 5) is 23.1. The molecule has 2 aromatic carbocycles. The molecule has 0 aliphatic heterocycles. The van der Waals surface area contributed by atoms with Gasteiger partial charge >= 0.3 is 0 Å². The Hall–Kier alpha value is -2.27. The second kappa shape index (κ2) is 8.55. The molecule has 2 amide bonds. The van der Waals surface area contributed by atoms with Gasteiger partial charge in [0.1, 0.15) is 0 Å². The Morgan fingerprint density at radius 2 is 1.71 bits per heavy atom. The zero-order valence-electron chi connectivity index (χ0n) is 14.2. The average molecular weight is 342 g/mol. The number of carbonyl (C=O) groups excluding carboxylic acids is 2. The van der Waals surface area contributed by atoms with Crippen LogP contribution < -0.4 is 10.6 Å². The standard InChI is InChI=1S/C19H22N2O2S/c1-13-7-8-14(2)16(9-13)11-24-12-19(23)21-18-6-4-5-17(10-18)20-15(3)22/h4-10H,11-12H2,1-3H3,(H,20,22)(H,21,23). The first kappa shape index (κ1) is 18.1. The van der Waals surface area contributed by atoms with Crippen LogP contribution in [0.3, 0.4) is 0 Å². The van der Waals surface area contributed by atoms with Gasteiger partial charge in [-0.25, -0.2) is 0 Å². The smallest absolute Gasteiger partial charge is 0.234 e. The van der Waals surface area contributed by atoms with Crippen LogP contribution in [0.4, 0.5) is 11.4 Å². The van der Waals surface area contributed by atoms with Gasteiger partial charge in [-0.3, -0.25) is 9.59 Å². The Morgan fingerprint density at radius 1 is 1.00 bits per heavy atom. The van der Waals surface area contributed by atoms with Gasteiger partial charge in [-0.15, -0.1) is 11.8 Å². The van der Waals surface area contributed by atoms with Gasteiger partial charge < -0.3 is 10.6 Å². The summed E-state index contributed by atoms with van der Waals surface area (Å²) in [5.41, 5.74) is 5.09. The largest absolute Gasteiger partial charge is 0.326 e. The fraction of sp³-hybridized carbons (Fsp3) is 0.263. The molecule has 0 bridgehead atoms. The highest BCUT2D eigenvalue weighted by Crippen LogP contribution is 2.19. The molecular weight excluding hydrogens is 320 g/mol. The summed E-state index contributed by atoms with van der Waals surface area (Å²) in [6.45, 7) is 5.61. The molecule has 0 fully saturated rings. The zero-order valence-corrected chi connectivity index (χ0v) is 15.0. The van der Waals surface area contributed by atoms with E-state index in [2.05, 4.69) is 42.7 Å². The highest BCUT2D eigenvalue weighted by atomic mass is 32.2. The molecule has 2 N–H and O–H groups in total. The minimum atomic E-state index is -0.137. The predicted molar refractivity (Wildman–Crippen MR) is 101 cm³/mol. The topological polar surface area (TPSA) is 58.2 Å². The summed E-state index contributed by atoms with van der Waals surface area (Å²) >= 11 is 1.59. The molecule has 0 atom stereocenters. The van der Waals surface area contributed by atoms with Crippen molar-refractivity contribution >= 4 is 35.0 Å². The van der Waals surface area contributed by atoms with Crippen LogP contribution >= 0.6 is 11.8 Å². The van der Waals surface area contributed by atoms with Crippen molar-refractivity contribution in [3.05, 3.63) is 59.2 Å².